The van der Waals surface area contributed by atoms with Crippen molar-refractivity contribution in [1.82, 2.24) is 20.2 Å². The maximum atomic E-state index is 5.90. The quantitative estimate of drug-likeness (QED) is 0.823. The minimum atomic E-state index is 0.299. The molecule has 0 fully saturated rings. The first-order valence-corrected chi connectivity index (χ1v) is 5.55. The number of hydrogen-bond acceptors (Lipinski definition) is 3. The molecule has 2 aromatic rings. The minimum Gasteiger partial charge on any atom is -0.160 e. The van der Waals surface area contributed by atoms with E-state index in [0.29, 0.717) is 12.5 Å². The first kappa shape index (κ1) is 11.1. The molecule has 1 aromatic carbocycles. The van der Waals surface area contributed by atoms with Crippen molar-refractivity contribution in [2.45, 2.75) is 26.3 Å². The molecule has 0 aliphatic heterocycles. The molecule has 0 atom stereocenters. The molecule has 0 saturated heterocycles. The fourth-order valence-electron chi connectivity index (χ4n) is 1.35. The van der Waals surface area contributed by atoms with Crippen LogP contribution in [0.4, 0.5) is 0 Å². The standard InChI is InChI=1S/C11H13ClN4/c1-8(2)11-13-15-16(14-11)7-9-4-3-5-10(12)6-9/h3-6,8H,7H2,1-2H3. The van der Waals surface area contributed by atoms with Gasteiger partial charge in [-0.15, -0.1) is 10.2 Å². The highest BCUT2D eigenvalue weighted by molar-refractivity contribution is 6.30. The van der Waals surface area contributed by atoms with Crippen LogP contribution in [0.15, 0.2) is 24.3 Å². The molecule has 4 nitrogen and oxygen atoms in total. The number of tetrazole rings is 1. The van der Waals surface area contributed by atoms with Crippen LogP contribution in [-0.2, 0) is 6.54 Å². The summed E-state index contributed by atoms with van der Waals surface area (Å²) in [5, 5.41) is 13.0. The van der Waals surface area contributed by atoms with Gasteiger partial charge in [-0.3, -0.25) is 0 Å². The number of halogens is 1. The fraction of sp³-hybridized carbons (Fsp3) is 0.364. The molecule has 1 heterocycles. The molecule has 0 aliphatic rings. The second-order valence-corrected chi connectivity index (χ2v) is 4.40. The number of benzene rings is 1. The third kappa shape index (κ3) is 2.58. The van der Waals surface area contributed by atoms with Crippen LogP contribution in [0.3, 0.4) is 0 Å². The van der Waals surface area contributed by atoms with Gasteiger partial charge in [-0.1, -0.05) is 37.6 Å². The second-order valence-electron chi connectivity index (χ2n) is 3.96. The Labute approximate surface area is 99.2 Å². The molecule has 0 bridgehead atoms. The molecule has 0 unspecified atom stereocenters. The summed E-state index contributed by atoms with van der Waals surface area (Å²) in [7, 11) is 0. The average molecular weight is 237 g/mol. The molecule has 0 amide bonds. The monoisotopic (exact) mass is 236 g/mol. The van der Waals surface area contributed by atoms with Crippen molar-refractivity contribution in [2.24, 2.45) is 0 Å². The Morgan fingerprint density at radius 2 is 2.19 bits per heavy atom. The van der Waals surface area contributed by atoms with Gasteiger partial charge in [-0.05, 0) is 22.9 Å². The van der Waals surface area contributed by atoms with E-state index in [0.717, 1.165) is 16.4 Å². The van der Waals surface area contributed by atoms with Crippen LogP contribution in [0, 0.1) is 0 Å². The second kappa shape index (κ2) is 4.61. The van der Waals surface area contributed by atoms with Gasteiger partial charge < -0.3 is 0 Å². The third-order valence-corrected chi connectivity index (χ3v) is 2.43. The predicted molar refractivity (Wildman–Crippen MR) is 62.5 cm³/mol. The summed E-state index contributed by atoms with van der Waals surface area (Å²) in [4.78, 5) is 1.58. The van der Waals surface area contributed by atoms with Crippen LogP contribution in [-0.4, -0.2) is 20.2 Å². The molecule has 16 heavy (non-hydrogen) atoms. The fourth-order valence-corrected chi connectivity index (χ4v) is 1.57. The van der Waals surface area contributed by atoms with Gasteiger partial charge in [0.2, 0.25) is 0 Å². The zero-order chi connectivity index (χ0) is 11.5. The Hall–Kier alpha value is -1.42. The summed E-state index contributed by atoms with van der Waals surface area (Å²) in [6.07, 6.45) is 0. The van der Waals surface area contributed by atoms with Crippen molar-refractivity contribution in [3.63, 3.8) is 0 Å². The Morgan fingerprint density at radius 3 is 2.81 bits per heavy atom. The smallest absolute Gasteiger partial charge is 0.160 e. The minimum absolute atomic E-state index is 0.299. The zero-order valence-corrected chi connectivity index (χ0v) is 10.0. The van der Waals surface area contributed by atoms with Gasteiger partial charge in [-0.2, -0.15) is 4.80 Å². The van der Waals surface area contributed by atoms with Crippen molar-refractivity contribution in [1.29, 1.82) is 0 Å². The summed E-state index contributed by atoms with van der Waals surface area (Å²) in [6, 6.07) is 7.65. The Bertz CT molecular complexity index is 478. The van der Waals surface area contributed by atoms with Crippen LogP contribution >= 0.6 is 11.6 Å². The Morgan fingerprint density at radius 1 is 1.38 bits per heavy atom. The van der Waals surface area contributed by atoms with Crippen LogP contribution < -0.4 is 0 Å². The molecule has 0 saturated carbocycles. The maximum Gasteiger partial charge on any atom is 0.177 e. The highest BCUT2D eigenvalue weighted by Crippen LogP contribution is 2.11. The van der Waals surface area contributed by atoms with Gasteiger partial charge in [0.25, 0.3) is 0 Å². The lowest BCUT2D eigenvalue weighted by Crippen LogP contribution is -2.04. The highest BCUT2D eigenvalue weighted by Gasteiger charge is 2.06. The van der Waals surface area contributed by atoms with E-state index in [4.69, 9.17) is 11.6 Å². The van der Waals surface area contributed by atoms with Crippen LogP contribution in [0.2, 0.25) is 5.02 Å². The zero-order valence-electron chi connectivity index (χ0n) is 9.26. The number of aromatic nitrogens is 4. The van der Waals surface area contributed by atoms with E-state index in [1.54, 1.807) is 4.80 Å². The largest absolute Gasteiger partial charge is 0.177 e. The van der Waals surface area contributed by atoms with Crippen molar-refractivity contribution >= 4 is 11.6 Å². The molecule has 0 radical (unpaired) electrons. The Balaban J connectivity index is 2.14. The SMILES string of the molecule is CC(C)c1nnn(Cc2cccc(Cl)c2)n1. The van der Waals surface area contributed by atoms with Gasteiger partial charge >= 0.3 is 0 Å². The molecule has 0 aliphatic carbocycles. The molecule has 0 spiro atoms. The van der Waals surface area contributed by atoms with Gasteiger partial charge in [-0.25, -0.2) is 0 Å². The first-order valence-electron chi connectivity index (χ1n) is 5.17. The van der Waals surface area contributed by atoms with Gasteiger partial charge in [0.05, 0.1) is 6.54 Å². The highest BCUT2D eigenvalue weighted by atomic mass is 35.5. The molecular weight excluding hydrogens is 224 g/mol. The number of nitrogens with zero attached hydrogens (tertiary/aromatic N) is 4. The van der Waals surface area contributed by atoms with E-state index in [2.05, 4.69) is 15.4 Å². The Kier molecular flexibility index (Phi) is 3.19. The van der Waals surface area contributed by atoms with Crippen LogP contribution in [0.1, 0.15) is 31.2 Å². The molecule has 84 valence electrons. The van der Waals surface area contributed by atoms with E-state index in [9.17, 15) is 0 Å². The van der Waals surface area contributed by atoms with E-state index in [1.807, 2.05) is 38.1 Å². The first-order chi connectivity index (χ1) is 7.65. The predicted octanol–water partition coefficient (Wildman–Crippen LogP) is 2.50. The van der Waals surface area contributed by atoms with Gasteiger partial charge in [0.1, 0.15) is 0 Å². The third-order valence-electron chi connectivity index (χ3n) is 2.20. The summed E-state index contributed by atoms with van der Waals surface area (Å²) >= 11 is 5.90. The molecule has 1 aromatic heterocycles. The normalized spacial score (nSPS) is 11.0. The summed E-state index contributed by atoms with van der Waals surface area (Å²) in [5.41, 5.74) is 1.07. The van der Waals surface area contributed by atoms with Gasteiger partial charge in [0.15, 0.2) is 5.82 Å². The number of rotatable bonds is 3. The lowest BCUT2D eigenvalue weighted by atomic mass is 10.2. The topological polar surface area (TPSA) is 43.6 Å². The van der Waals surface area contributed by atoms with Crippen LogP contribution in [0.5, 0.6) is 0 Å². The number of hydrogen-bond donors (Lipinski definition) is 0. The van der Waals surface area contributed by atoms with E-state index >= 15 is 0 Å². The van der Waals surface area contributed by atoms with Crippen molar-refractivity contribution in [3.05, 3.63) is 40.7 Å². The van der Waals surface area contributed by atoms with Crippen molar-refractivity contribution < 1.29 is 0 Å². The maximum absolute atomic E-state index is 5.90. The van der Waals surface area contributed by atoms with E-state index in [1.165, 1.54) is 0 Å². The lowest BCUT2D eigenvalue weighted by Gasteiger charge is -2.00. The molecule has 0 N–H and O–H groups in total. The van der Waals surface area contributed by atoms with E-state index in [-0.39, 0.29) is 0 Å². The molecular formula is C11H13ClN4. The molecule has 2 rings (SSSR count). The average Bonchev–Trinajstić information content (AvgIpc) is 2.66. The summed E-state index contributed by atoms with van der Waals surface area (Å²) in [5.74, 6) is 1.06. The summed E-state index contributed by atoms with van der Waals surface area (Å²) < 4.78 is 0. The van der Waals surface area contributed by atoms with E-state index < -0.39 is 0 Å². The lowest BCUT2D eigenvalue weighted by molar-refractivity contribution is 0.568. The summed E-state index contributed by atoms with van der Waals surface area (Å²) in [6.45, 7) is 4.68. The molecule has 5 heteroatoms. The van der Waals surface area contributed by atoms with Crippen LogP contribution in [0.25, 0.3) is 0 Å². The van der Waals surface area contributed by atoms with Gasteiger partial charge in [0, 0.05) is 10.9 Å². The van der Waals surface area contributed by atoms with Crippen molar-refractivity contribution in [3.8, 4) is 0 Å². The van der Waals surface area contributed by atoms with Crippen molar-refractivity contribution in [2.75, 3.05) is 0 Å².